The molecule has 0 saturated carbocycles. The van der Waals surface area contributed by atoms with Gasteiger partial charge < -0.3 is 30.6 Å². The molecule has 1 aliphatic heterocycles. The lowest BCUT2D eigenvalue weighted by atomic mass is 10.1. The summed E-state index contributed by atoms with van der Waals surface area (Å²) in [5.41, 5.74) is 0. The molecular formula is C16H25N3O11. The van der Waals surface area contributed by atoms with E-state index in [1.54, 1.807) is 0 Å². The molecule has 3 atom stereocenters. The Morgan fingerprint density at radius 1 is 0.900 bits per heavy atom. The minimum Gasteiger partial charge on any atom is -0.480 e. The number of hydrogen-bond donors (Lipinski definition) is 6. The number of carbonyl (C=O) groups is 5. The molecule has 0 aromatic heterocycles. The van der Waals surface area contributed by atoms with E-state index < -0.39 is 74.2 Å². The first-order chi connectivity index (χ1) is 14.0. The van der Waals surface area contributed by atoms with Crippen LogP contribution in [0.5, 0.6) is 0 Å². The van der Waals surface area contributed by atoms with E-state index in [-0.39, 0.29) is 26.1 Å². The van der Waals surface area contributed by atoms with Crippen molar-refractivity contribution in [2.24, 2.45) is 0 Å². The Morgan fingerprint density at radius 3 is 1.87 bits per heavy atom. The SMILES string of the molecule is O=C(O)CN(CCN([C@H]1C[C@@H](C(=O)O)N(CC(=O)O)C1)[C@@H](CO)C(=O)O)CC(=O)O. The zero-order valence-electron chi connectivity index (χ0n) is 16.0. The summed E-state index contributed by atoms with van der Waals surface area (Å²) < 4.78 is 0. The van der Waals surface area contributed by atoms with Crippen molar-refractivity contribution in [1.82, 2.24) is 14.7 Å². The maximum absolute atomic E-state index is 11.6. The quantitative estimate of drug-likeness (QED) is 0.159. The average molecular weight is 435 g/mol. The number of aliphatic carboxylic acids is 5. The van der Waals surface area contributed by atoms with Gasteiger partial charge in [-0.15, -0.1) is 0 Å². The molecule has 1 rings (SSSR count). The third kappa shape index (κ3) is 7.55. The van der Waals surface area contributed by atoms with E-state index in [0.717, 1.165) is 9.80 Å². The van der Waals surface area contributed by atoms with Gasteiger partial charge in [-0.25, -0.2) is 0 Å². The van der Waals surface area contributed by atoms with Gasteiger partial charge in [-0.2, -0.15) is 0 Å². The average Bonchev–Trinajstić information content (AvgIpc) is 2.99. The Balaban J connectivity index is 3.06. The maximum Gasteiger partial charge on any atom is 0.323 e. The van der Waals surface area contributed by atoms with Gasteiger partial charge in [-0.3, -0.25) is 38.7 Å². The van der Waals surface area contributed by atoms with E-state index in [9.17, 15) is 39.3 Å². The van der Waals surface area contributed by atoms with Crippen LogP contribution in [0.15, 0.2) is 0 Å². The number of hydrogen-bond acceptors (Lipinski definition) is 9. The lowest BCUT2D eigenvalue weighted by Gasteiger charge is -2.34. The van der Waals surface area contributed by atoms with Crippen molar-refractivity contribution in [1.29, 1.82) is 0 Å². The molecule has 6 N–H and O–H groups in total. The number of aliphatic hydroxyl groups is 1. The summed E-state index contributed by atoms with van der Waals surface area (Å²) in [4.78, 5) is 59.4. The number of carboxylic acid groups (broad SMARTS) is 5. The first kappa shape index (κ1) is 25.2. The van der Waals surface area contributed by atoms with Crippen LogP contribution in [0.4, 0.5) is 0 Å². The zero-order valence-corrected chi connectivity index (χ0v) is 16.0. The van der Waals surface area contributed by atoms with E-state index in [4.69, 9.17) is 15.3 Å². The second-order valence-corrected chi connectivity index (χ2v) is 6.84. The highest BCUT2D eigenvalue weighted by atomic mass is 16.4. The summed E-state index contributed by atoms with van der Waals surface area (Å²) in [5, 5.41) is 55.1. The lowest BCUT2D eigenvalue weighted by molar-refractivity contribution is -0.147. The van der Waals surface area contributed by atoms with E-state index in [0.29, 0.717) is 0 Å². The molecule has 14 heteroatoms. The molecule has 0 amide bonds. The molecule has 30 heavy (non-hydrogen) atoms. The monoisotopic (exact) mass is 435 g/mol. The highest BCUT2D eigenvalue weighted by Crippen LogP contribution is 2.24. The maximum atomic E-state index is 11.6. The molecule has 1 heterocycles. The molecule has 0 spiro atoms. The van der Waals surface area contributed by atoms with Gasteiger partial charge in [-0.1, -0.05) is 0 Å². The molecule has 170 valence electrons. The predicted molar refractivity (Wildman–Crippen MR) is 96.0 cm³/mol. The van der Waals surface area contributed by atoms with Crippen LogP contribution in [0.1, 0.15) is 6.42 Å². The minimum absolute atomic E-state index is 0.106. The molecule has 0 aromatic rings. The summed E-state index contributed by atoms with van der Waals surface area (Å²) in [6.45, 7) is -3.13. The van der Waals surface area contributed by atoms with Gasteiger partial charge in [0.05, 0.1) is 26.2 Å². The largest absolute Gasteiger partial charge is 0.480 e. The fourth-order valence-corrected chi connectivity index (χ4v) is 3.50. The topological polar surface area (TPSA) is 216 Å². The fraction of sp³-hybridized carbons (Fsp3) is 0.688. The van der Waals surface area contributed by atoms with Crippen LogP contribution in [0.2, 0.25) is 0 Å². The number of likely N-dealkylation sites (tertiary alicyclic amines) is 1. The van der Waals surface area contributed by atoms with Crippen molar-refractivity contribution in [2.45, 2.75) is 24.5 Å². The first-order valence-electron chi connectivity index (χ1n) is 8.90. The number of rotatable bonds is 14. The highest BCUT2D eigenvalue weighted by molar-refractivity contribution is 5.77. The van der Waals surface area contributed by atoms with Crippen molar-refractivity contribution < 1.29 is 54.6 Å². The molecule has 1 fully saturated rings. The summed E-state index contributed by atoms with van der Waals surface area (Å²) in [6, 6.07) is -3.42. The van der Waals surface area contributed by atoms with Gasteiger partial charge in [0.25, 0.3) is 0 Å². The van der Waals surface area contributed by atoms with Crippen molar-refractivity contribution in [3.63, 3.8) is 0 Å². The lowest BCUT2D eigenvalue weighted by Crippen LogP contribution is -2.53. The van der Waals surface area contributed by atoms with Crippen LogP contribution in [-0.4, -0.2) is 139 Å². The van der Waals surface area contributed by atoms with Gasteiger partial charge in [-0.05, 0) is 6.42 Å². The van der Waals surface area contributed by atoms with Gasteiger partial charge in [0.15, 0.2) is 0 Å². The molecule has 0 unspecified atom stereocenters. The van der Waals surface area contributed by atoms with E-state index in [1.165, 1.54) is 4.90 Å². The third-order valence-corrected chi connectivity index (χ3v) is 4.72. The van der Waals surface area contributed by atoms with Gasteiger partial charge in [0, 0.05) is 25.7 Å². The summed E-state index contributed by atoms with van der Waals surface area (Å²) in [6.07, 6.45) is -0.121. The van der Waals surface area contributed by atoms with Crippen LogP contribution in [0.25, 0.3) is 0 Å². The molecular weight excluding hydrogens is 410 g/mol. The molecule has 0 aliphatic carbocycles. The van der Waals surface area contributed by atoms with Crippen molar-refractivity contribution in [2.75, 3.05) is 45.9 Å². The second-order valence-electron chi connectivity index (χ2n) is 6.84. The minimum atomic E-state index is -1.47. The first-order valence-corrected chi connectivity index (χ1v) is 8.90. The van der Waals surface area contributed by atoms with Crippen molar-refractivity contribution in [3.05, 3.63) is 0 Å². The van der Waals surface area contributed by atoms with Crippen LogP contribution < -0.4 is 0 Å². The number of aliphatic hydroxyl groups excluding tert-OH is 1. The van der Waals surface area contributed by atoms with Crippen LogP contribution in [0, 0.1) is 0 Å². The predicted octanol–water partition coefficient (Wildman–Crippen LogP) is -3.18. The molecule has 0 aromatic carbocycles. The second kappa shape index (κ2) is 11.4. The van der Waals surface area contributed by atoms with E-state index >= 15 is 0 Å². The highest BCUT2D eigenvalue weighted by Gasteiger charge is 2.43. The normalized spacial score (nSPS) is 20.4. The Morgan fingerprint density at radius 2 is 1.47 bits per heavy atom. The van der Waals surface area contributed by atoms with Gasteiger partial charge in [0.2, 0.25) is 0 Å². The van der Waals surface area contributed by atoms with E-state index in [2.05, 4.69) is 0 Å². The summed E-state index contributed by atoms with van der Waals surface area (Å²) in [7, 11) is 0. The zero-order chi connectivity index (χ0) is 23.0. The third-order valence-electron chi connectivity index (χ3n) is 4.72. The van der Waals surface area contributed by atoms with Crippen molar-refractivity contribution >= 4 is 29.8 Å². The fourth-order valence-electron chi connectivity index (χ4n) is 3.50. The smallest absolute Gasteiger partial charge is 0.323 e. The van der Waals surface area contributed by atoms with Crippen molar-refractivity contribution in [3.8, 4) is 0 Å². The molecule has 1 saturated heterocycles. The van der Waals surface area contributed by atoms with Gasteiger partial charge >= 0.3 is 29.8 Å². The Hall–Kier alpha value is -2.81. The molecule has 14 nitrogen and oxygen atoms in total. The number of carboxylic acids is 5. The Labute approximate surface area is 170 Å². The standard InChI is InChI=1S/C16H25N3O11/c20-8-11(16(29)30)19(2-1-17(5-12(21)22)6-13(23)24)9-3-10(15(27)28)18(4-9)7-14(25)26/h9-11,20H,1-8H2,(H,21,22)(H,23,24)(H,25,26)(H,27,28)(H,29,30)/t9-,10-,11-/m0/s1. The molecule has 0 bridgehead atoms. The van der Waals surface area contributed by atoms with Gasteiger partial charge in [0.1, 0.15) is 12.1 Å². The Kier molecular flexibility index (Phi) is 9.58. The Bertz CT molecular complexity index is 655. The van der Waals surface area contributed by atoms with Crippen LogP contribution in [0.3, 0.4) is 0 Å². The number of nitrogens with zero attached hydrogens (tertiary/aromatic N) is 3. The molecule has 1 aliphatic rings. The van der Waals surface area contributed by atoms with Crippen LogP contribution in [-0.2, 0) is 24.0 Å². The van der Waals surface area contributed by atoms with Crippen LogP contribution >= 0.6 is 0 Å². The summed E-state index contributed by atoms with van der Waals surface area (Å²) >= 11 is 0. The van der Waals surface area contributed by atoms with E-state index in [1.807, 2.05) is 0 Å². The summed E-state index contributed by atoms with van der Waals surface area (Å²) in [5.74, 6) is -6.55. The molecule has 0 radical (unpaired) electrons.